The summed E-state index contributed by atoms with van der Waals surface area (Å²) >= 11 is 15.9. The first kappa shape index (κ1) is 14.4. The minimum absolute atomic E-state index is 0.559. The SMILES string of the molecule is CCCNC1CCN(c2ccc(Br)c(Cl)c2Cl)C1. The van der Waals surface area contributed by atoms with E-state index in [1.165, 1.54) is 6.42 Å². The van der Waals surface area contributed by atoms with Crippen LogP contribution in [0.5, 0.6) is 0 Å². The zero-order valence-electron chi connectivity index (χ0n) is 10.3. The monoisotopic (exact) mass is 350 g/mol. The summed E-state index contributed by atoms with van der Waals surface area (Å²) in [5.74, 6) is 0. The van der Waals surface area contributed by atoms with Gasteiger partial charge in [-0.25, -0.2) is 0 Å². The molecule has 1 unspecified atom stereocenters. The molecule has 1 atom stereocenters. The van der Waals surface area contributed by atoms with Gasteiger partial charge < -0.3 is 10.2 Å². The van der Waals surface area contributed by atoms with Gasteiger partial charge in [-0.15, -0.1) is 0 Å². The van der Waals surface area contributed by atoms with Gasteiger partial charge in [0.2, 0.25) is 0 Å². The van der Waals surface area contributed by atoms with Crippen LogP contribution in [0.4, 0.5) is 5.69 Å². The van der Waals surface area contributed by atoms with Crippen LogP contribution in [0, 0.1) is 0 Å². The highest BCUT2D eigenvalue weighted by molar-refractivity contribution is 9.10. The van der Waals surface area contributed by atoms with E-state index < -0.39 is 0 Å². The summed E-state index contributed by atoms with van der Waals surface area (Å²) in [6.07, 6.45) is 2.32. The Hall–Kier alpha value is 0.0400. The second-order valence-corrected chi connectivity index (χ2v) is 6.19. The largest absolute Gasteiger partial charge is 0.369 e. The zero-order chi connectivity index (χ0) is 13.1. The van der Waals surface area contributed by atoms with Crippen LogP contribution in [0.15, 0.2) is 16.6 Å². The van der Waals surface area contributed by atoms with E-state index in [9.17, 15) is 0 Å². The molecular formula is C13H17BrCl2N2. The molecule has 1 aromatic rings. The van der Waals surface area contributed by atoms with Gasteiger partial charge in [0, 0.05) is 23.6 Å². The van der Waals surface area contributed by atoms with E-state index in [4.69, 9.17) is 23.2 Å². The molecule has 0 radical (unpaired) electrons. The molecule has 1 heterocycles. The summed E-state index contributed by atoms with van der Waals surface area (Å²) in [5.41, 5.74) is 1.03. The average molecular weight is 352 g/mol. The smallest absolute Gasteiger partial charge is 0.0837 e. The predicted molar refractivity (Wildman–Crippen MR) is 83.1 cm³/mol. The Balaban J connectivity index is 2.07. The van der Waals surface area contributed by atoms with E-state index in [2.05, 4.69) is 33.1 Å². The summed E-state index contributed by atoms with van der Waals surface area (Å²) in [6, 6.07) is 4.54. The van der Waals surface area contributed by atoms with Gasteiger partial charge in [0.05, 0.1) is 15.7 Å². The summed E-state index contributed by atoms with van der Waals surface area (Å²) in [4.78, 5) is 2.30. The molecule has 2 rings (SSSR count). The Bertz CT molecular complexity index is 426. The lowest BCUT2D eigenvalue weighted by molar-refractivity contribution is 0.549. The Morgan fingerprint density at radius 1 is 1.39 bits per heavy atom. The molecule has 5 heteroatoms. The normalized spacial score (nSPS) is 19.6. The zero-order valence-corrected chi connectivity index (χ0v) is 13.4. The lowest BCUT2D eigenvalue weighted by Gasteiger charge is -2.21. The van der Waals surface area contributed by atoms with Gasteiger partial charge in [-0.1, -0.05) is 30.1 Å². The second-order valence-electron chi connectivity index (χ2n) is 4.58. The van der Waals surface area contributed by atoms with Crippen molar-refractivity contribution in [3.05, 3.63) is 26.7 Å². The average Bonchev–Trinajstić information content (AvgIpc) is 2.82. The maximum atomic E-state index is 6.31. The van der Waals surface area contributed by atoms with Crippen LogP contribution in [0.2, 0.25) is 10.0 Å². The van der Waals surface area contributed by atoms with E-state index >= 15 is 0 Å². The van der Waals surface area contributed by atoms with Gasteiger partial charge >= 0.3 is 0 Å². The minimum Gasteiger partial charge on any atom is -0.369 e. The number of benzene rings is 1. The fourth-order valence-electron chi connectivity index (χ4n) is 2.25. The quantitative estimate of drug-likeness (QED) is 0.812. The highest BCUT2D eigenvalue weighted by Gasteiger charge is 2.24. The van der Waals surface area contributed by atoms with Crippen LogP contribution in [0.3, 0.4) is 0 Å². The maximum Gasteiger partial charge on any atom is 0.0837 e. The summed E-state index contributed by atoms with van der Waals surface area (Å²) < 4.78 is 0.845. The van der Waals surface area contributed by atoms with Crippen molar-refractivity contribution in [1.29, 1.82) is 0 Å². The minimum atomic E-state index is 0.559. The van der Waals surface area contributed by atoms with Crippen molar-refractivity contribution in [1.82, 2.24) is 5.32 Å². The van der Waals surface area contributed by atoms with Gasteiger partial charge in [0.25, 0.3) is 0 Å². The van der Waals surface area contributed by atoms with Crippen molar-refractivity contribution in [3.63, 3.8) is 0 Å². The van der Waals surface area contributed by atoms with Crippen molar-refractivity contribution in [2.75, 3.05) is 24.5 Å². The fourth-order valence-corrected chi connectivity index (χ4v) is 3.14. The van der Waals surface area contributed by atoms with E-state index in [-0.39, 0.29) is 0 Å². The topological polar surface area (TPSA) is 15.3 Å². The molecule has 0 spiro atoms. The molecule has 1 aromatic carbocycles. The van der Waals surface area contributed by atoms with Gasteiger partial charge in [0.15, 0.2) is 0 Å². The molecule has 1 fully saturated rings. The third-order valence-corrected chi connectivity index (χ3v) is 4.99. The van der Waals surface area contributed by atoms with E-state index in [1.807, 2.05) is 12.1 Å². The van der Waals surface area contributed by atoms with Crippen LogP contribution in [-0.4, -0.2) is 25.7 Å². The number of nitrogens with zero attached hydrogens (tertiary/aromatic N) is 1. The molecule has 1 N–H and O–H groups in total. The van der Waals surface area contributed by atoms with Gasteiger partial charge in [-0.2, -0.15) is 0 Å². The highest BCUT2D eigenvalue weighted by Crippen LogP contribution is 2.38. The molecule has 1 saturated heterocycles. The molecule has 2 nitrogen and oxygen atoms in total. The number of hydrogen-bond acceptors (Lipinski definition) is 2. The number of halogens is 3. The van der Waals surface area contributed by atoms with Gasteiger partial charge in [-0.3, -0.25) is 0 Å². The van der Waals surface area contributed by atoms with E-state index in [0.29, 0.717) is 16.1 Å². The second kappa shape index (κ2) is 6.47. The predicted octanol–water partition coefficient (Wildman–Crippen LogP) is 4.33. The molecule has 0 aromatic heterocycles. The number of anilines is 1. The van der Waals surface area contributed by atoms with Crippen LogP contribution in [0.25, 0.3) is 0 Å². The molecular weight excluding hydrogens is 335 g/mol. The Labute approximate surface area is 127 Å². The van der Waals surface area contributed by atoms with Gasteiger partial charge in [0.1, 0.15) is 0 Å². The Morgan fingerprint density at radius 2 is 2.17 bits per heavy atom. The van der Waals surface area contributed by atoms with Crippen LogP contribution in [-0.2, 0) is 0 Å². The number of hydrogen-bond donors (Lipinski definition) is 1. The third-order valence-electron chi connectivity index (χ3n) is 3.23. The van der Waals surface area contributed by atoms with Crippen molar-refractivity contribution in [3.8, 4) is 0 Å². The lowest BCUT2D eigenvalue weighted by Crippen LogP contribution is -2.33. The molecule has 0 saturated carbocycles. The molecule has 100 valence electrons. The number of nitrogens with one attached hydrogen (secondary N) is 1. The fraction of sp³-hybridized carbons (Fsp3) is 0.538. The standard InChI is InChI=1S/C13H17BrCl2N2/c1-2-6-17-9-5-7-18(8-9)11-4-3-10(14)12(15)13(11)16/h3-4,9,17H,2,5-8H2,1H3. The first-order chi connectivity index (χ1) is 8.63. The van der Waals surface area contributed by atoms with E-state index in [0.717, 1.165) is 36.2 Å². The third kappa shape index (κ3) is 3.13. The molecule has 1 aliphatic heterocycles. The summed E-state index contributed by atoms with van der Waals surface area (Å²) in [5, 5.41) is 4.79. The number of rotatable bonds is 4. The first-order valence-electron chi connectivity index (χ1n) is 6.25. The lowest BCUT2D eigenvalue weighted by atomic mass is 10.2. The van der Waals surface area contributed by atoms with Crippen LogP contribution < -0.4 is 10.2 Å². The maximum absolute atomic E-state index is 6.31. The summed E-state index contributed by atoms with van der Waals surface area (Å²) in [6.45, 7) is 5.29. The molecule has 0 bridgehead atoms. The molecule has 1 aliphatic rings. The van der Waals surface area contributed by atoms with Crippen molar-refractivity contribution < 1.29 is 0 Å². The first-order valence-corrected chi connectivity index (χ1v) is 7.80. The molecule has 0 aliphatic carbocycles. The van der Waals surface area contributed by atoms with Crippen molar-refractivity contribution in [2.45, 2.75) is 25.8 Å². The van der Waals surface area contributed by atoms with Crippen molar-refractivity contribution >= 4 is 44.8 Å². The highest BCUT2D eigenvalue weighted by atomic mass is 79.9. The van der Waals surface area contributed by atoms with Crippen LogP contribution in [0.1, 0.15) is 19.8 Å². The summed E-state index contributed by atoms with van der Waals surface area (Å²) in [7, 11) is 0. The van der Waals surface area contributed by atoms with Gasteiger partial charge in [-0.05, 0) is 47.4 Å². The van der Waals surface area contributed by atoms with Crippen LogP contribution >= 0.6 is 39.1 Å². The Morgan fingerprint density at radius 3 is 2.89 bits per heavy atom. The molecule has 18 heavy (non-hydrogen) atoms. The van der Waals surface area contributed by atoms with E-state index in [1.54, 1.807) is 0 Å². The van der Waals surface area contributed by atoms with Crippen molar-refractivity contribution in [2.24, 2.45) is 0 Å². The Kier molecular flexibility index (Phi) is 5.19. The molecule has 0 amide bonds.